The number of nitrogens with one attached hydrogen (secondary N) is 1. The van der Waals surface area contributed by atoms with Gasteiger partial charge in [0, 0.05) is 35.8 Å². The standard InChI is InChI=1S/C15H20N2O3/c1-10-11(2)17(7-8-19-3)14-6-5-12(9-13(10)14)15(18)16-20-4/h5-6,9H,7-8H2,1-4H3,(H,16,18). The number of rotatable bonds is 5. The van der Waals surface area contributed by atoms with Gasteiger partial charge in [0.05, 0.1) is 13.7 Å². The van der Waals surface area contributed by atoms with E-state index in [-0.39, 0.29) is 5.91 Å². The minimum Gasteiger partial charge on any atom is -0.383 e. The molecule has 0 spiro atoms. The Bertz CT molecular complexity index is 632. The second-order valence-electron chi connectivity index (χ2n) is 4.72. The third-order valence-electron chi connectivity index (χ3n) is 3.61. The zero-order valence-corrected chi connectivity index (χ0v) is 12.3. The van der Waals surface area contributed by atoms with E-state index in [4.69, 9.17) is 4.74 Å². The molecule has 0 aliphatic rings. The summed E-state index contributed by atoms with van der Waals surface area (Å²) in [6.07, 6.45) is 0. The molecule has 0 atom stereocenters. The van der Waals surface area contributed by atoms with Crippen LogP contribution in [0.4, 0.5) is 0 Å². The average molecular weight is 276 g/mol. The van der Waals surface area contributed by atoms with Gasteiger partial charge in [0.1, 0.15) is 0 Å². The van der Waals surface area contributed by atoms with Gasteiger partial charge in [-0.25, -0.2) is 5.48 Å². The predicted molar refractivity (Wildman–Crippen MR) is 77.8 cm³/mol. The smallest absolute Gasteiger partial charge is 0.274 e. The number of carbonyl (C=O) groups is 1. The van der Waals surface area contributed by atoms with Gasteiger partial charge in [-0.3, -0.25) is 9.63 Å². The third-order valence-corrected chi connectivity index (χ3v) is 3.61. The van der Waals surface area contributed by atoms with Crippen molar-refractivity contribution in [2.75, 3.05) is 20.8 Å². The van der Waals surface area contributed by atoms with Crippen LogP contribution < -0.4 is 5.48 Å². The summed E-state index contributed by atoms with van der Waals surface area (Å²) in [4.78, 5) is 16.5. The van der Waals surface area contributed by atoms with Crippen molar-refractivity contribution in [3.8, 4) is 0 Å². The average Bonchev–Trinajstić information content (AvgIpc) is 2.69. The summed E-state index contributed by atoms with van der Waals surface area (Å²) in [6.45, 7) is 5.62. The van der Waals surface area contributed by atoms with Crippen molar-refractivity contribution in [2.24, 2.45) is 0 Å². The largest absolute Gasteiger partial charge is 0.383 e. The highest BCUT2D eigenvalue weighted by Gasteiger charge is 2.13. The van der Waals surface area contributed by atoms with Crippen LogP contribution in [0.3, 0.4) is 0 Å². The van der Waals surface area contributed by atoms with Gasteiger partial charge in [0.2, 0.25) is 0 Å². The van der Waals surface area contributed by atoms with Crippen LogP contribution in [-0.2, 0) is 16.1 Å². The fraction of sp³-hybridized carbons (Fsp3) is 0.400. The maximum Gasteiger partial charge on any atom is 0.274 e. The molecule has 0 aliphatic heterocycles. The molecule has 1 N–H and O–H groups in total. The molecule has 0 bridgehead atoms. The molecule has 2 rings (SSSR count). The second kappa shape index (κ2) is 6.07. The second-order valence-corrected chi connectivity index (χ2v) is 4.72. The van der Waals surface area contributed by atoms with Crippen LogP contribution >= 0.6 is 0 Å². The van der Waals surface area contributed by atoms with Gasteiger partial charge in [0.15, 0.2) is 0 Å². The highest BCUT2D eigenvalue weighted by atomic mass is 16.6. The Morgan fingerprint density at radius 3 is 2.70 bits per heavy atom. The molecular formula is C15H20N2O3. The SMILES string of the molecule is COCCn1c(C)c(C)c2cc(C(=O)NOC)ccc21. The summed E-state index contributed by atoms with van der Waals surface area (Å²) in [5.41, 5.74) is 6.42. The molecule has 0 radical (unpaired) electrons. The molecule has 2 aromatic rings. The van der Waals surface area contributed by atoms with E-state index in [0.29, 0.717) is 12.2 Å². The Morgan fingerprint density at radius 2 is 2.05 bits per heavy atom. The zero-order valence-electron chi connectivity index (χ0n) is 12.3. The zero-order chi connectivity index (χ0) is 14.7. The first-order valence-corrected chi connectivity index (χ1v) is 6.51. The molecule has 0 fully saturated rings. The number of carbonyl (C=O) groups excluding carboxylic acids is 1. The van der Waals surface area contributed by atoms with E-state index >= 15 is 0 Å². The molecule has 20 heavy (non-hydrogen) atoms. The number of benzene rings is 1. The molecule has 1 heterocycles. The molecule has 0 saturated carbocycles. The Kier molecular flexibility index (Phi) is 4.42. The number of aromatic nitrogens is 1. The molecule has 5 nitrogen and oxygen atoms in total. The molecule has 0 unspecified atom stereocenters. The van der Waals surface area contributed by atoms with E-state index in [1.165, 1.54) is 18.4 Å². The molecule has 108 valence electrons. The van der Waals surface area contributed by atoms with Gasteiger partial charge in [-0.05, 0) is 37.6 Å². The lowest BCUT2D eigenvalue weighted by molar-refractivity contribution is 0.0538. The van der Waals surface area contributed by atoms with Crippen molar-refractivity contribution >= 4 is 16.8 Å². The monoisotopic (exact) mass is 276 g/mol. The highest BCUT2D eigenvalue weighted by Crippen LogP contribution is 2.26. The number of aryl methyl sites for hydroxylation is 1. The number of ether oxygens (including phenoxy) is 1. The molecule has 0 aliphatic carbocycles. The van der Waals surface area contributed by atoms with Gasteiger partial charge in [-0.1, -0.05) is 0 Å². The number of amides is 1. The van der Waals surface area contributed by atoms with E-state index < -0.39 is 0 Å². The molecular weight excluding hydrogens is 256 g/mol. The van der Waals surface area contributed by atoms with E-state index in [1.54, 1.807) is 13.2 Å². The van der Waals surface area contributed by atoms with E-state index in [9.17, 15) is 4.79 Å². The van der Waals surface area contributed by atoms with Gasteiger partial charge in [-0.15, -0.1) is 0 Å². The van der Waals surface area contributed by atoms with Crippen LogP contribution in [0.5, 0.6) is 0 Å². The van der Waals surface area contributed by atoms with Crippen LogP contribution in [-0.4, -0.2) is 31.3 Å². The van der Waals surface area contributed by atoms with Gasteiger partial charge >= 0.3 is 0 Å². The highest BCUT2D eigenvalue weighted by molar-refractivity contribution is 5.98. The first-order valence-electron chi connectivity index (χ1n) is 6.51. The third kappa shape index (κ3) is 2.55. The summed E-state index contributed by atoms with van der Waals surface area (Å²) in [7, 11) is 3.12. The fourth-order valence-corrected chi connectivity index (χ4v) is 2.41. The van der Waals surface area contributed by atoms with Crippen molar-refractivity contribution in [1.82, 2.24) is 10.0 Å². The minimum absolute atomic E-state index is 0.240. The van der Waals surface area contributed by atoms with Crippen molar-refractivity contribution in [3.05, 3.63) is 35.0 Å². The number of hydrogen-bond donors (Lipinski definition) is 1. The summed E-state index contributed by atoms with van der Waals surface area (Å²) >= 11 is 0. The van der Waals surface area contributed by atoms with E-state index in [0.717, 1.165) is 17.4 Å². The lowest BCUT2D eigenvalue weighted by Crippen LogP contribution is -2.21. The topological polar surface area (TPSA) is 52.5 Å². The van der Waals surface area contributed by atoms with Crippen LogP contribution in [0, 0.1) is 13.8 Å². The van der Waals surface area contributed by atoms with Gasteiger partial charge in [0.25, 0.3) is 5.91 Å². The molecule has 1 aromatic carbocycles. The van der Waals surface area contributed by atoms with Crippen molar-refractivity contribution in [2.45, 2.75) is 20.4 Å². The summed E-state index contributed by atoms with van der Waals surface area (Å²) in [6, 6.07) is 5.67. The lowest BCUT2D eigenvalue weighted by atomic mass is 10.1. The molecule has 1 amide bonds. The van der Waals surface area contributed by atoms with Crippen LogP contribution in [0.1, 0.15) is 21.6 Å². The van der Waals surface area contributed by atoms with E-state index in [2.05, 4.69) is 28.7 Å². The Hall–Kier alpha value is -1.85. The predicted octanol–water partition coefficient (Wildman–Crippen LogP) is 2.20. The van der Waals surface area contributed by atoms with Crippen LogP contribution in [0.2, 0.25) is 0 Å². The number of nitrogens with zero attached hydrogens (tertiary/aromatic N) is 1. The Balaban J connectivity index is 2.48. The number of fused-ring (bicyclic) bond motifs is 1. The summed E-state index contributed by atoms with van der Waals surface area (Å²) < 4.78 is 7.37. The molecule has 1 aromatic heterocycles. The van der Waals surface area contributed by atoms with Crippen LogP contribution in [0.15, 0.2) is 18.2 Å². The maximum atomic E-state index is 11.8. The molecule has 0 saturated heterocycles. The maximum absolute atomic E-state index is 11.8. The normalized spacial score (nSPS) is 11.0. The summed E-state index contributed by atoms with van der Waals surface area (Å²) in [5, 5.41) is 1.09. The van der Waals surface area contributed by atoms with Crippen molar-refractivity contribution in [1.29, 1.82) is 0 Å². The number of hydroxylamine groups is 1. The Morgan fingerprint density at radius 1 is 1.30 bits per heavy atom. The Labute approximate surface area is 118 Å². The number of hydrogen-bond acceptors (Lipinski definition) is 3. The quantitative estimate of drug-likeness (QED) is 0.852. The summed E-state index contributed by atoms with van der Waals surface area (Å²) in [5.74, 6) is -0.240. The fourth-order valence-electron chi connectivity index (χ4n) is 2.41. The molecule has 5 heteroatoms. The first kappa shape index (κ1) is 14.6. The van der Waals surface area contributed by atoms with Crippen molar-refractivity contribution in [3.63, 3.8) is 0 Å². The van der Waals surface area contributed by atoms with Crippen LogP contribution in [0.25, 0.3) is 10.9 Å². The minimum atomic E-state index is -0.240. The van der Waals surface area contributed by atoms with Gasteiger partial charge in [-0.2, -0.15) is 0 Å². The number of methoxy groups -OCH3 is 1. The van der Waals surface area contributed by atoms with Gasteiger partial charge < -0.3 is 9.30 Å². The van der Waals surface area contributed by atoms with E-state index in [1.807, 2.05) is 12.1 Å². The lowest BCUT2D eigenvalue weighted by Gasteiger charge is -2.08. The first-order chi connectivity index (χ1) is 9.60. The van der Waals surface area contributed by atoms with Crippen molar-refractivity contribution < 1.29 is 14.4 Å².